The maximum atomic E-state index is 12.2. The smallest absolute Gasteiger partial charge is 0.255 e. The lowest BCUT2D eigenvalue weighted by Crippen LogP contribution is -2.18. The van der Waals surface area contributed by atoms with E-state index in [4.69, 9.17) is 0 Å². The zero-order chi connectivity index (χ0) is 18.4. The SMILES string of the molecule is Cc1[nH]cnc1CSCCNc1ncc(Cc2ccc(O)nc2)c(=O)[nH]1. The largest absolute Gasteiger partial charge is 0.493 e. The standard InChI is InChI=1S/C17H20N6O2S/c1-11-14(22-10-21-11)9-26-5-4-18-17-20-8-13(16(25)23-17)6-12-2-3-15(24)19-7-12/h2-3,7-8,10H,4-6,9H2,1H3,(H,19,24)(H,21,22)(H2,18,20,23,25). The number of aromatic hydroxyl groups is 1. The lowest BCUT2D eigenvalue weighted by molar-refractivity contribution is 0.453. The summed E-state index contributed by atoms with van der Waals surface area (Å²) in [6.45, 7) is 2.70. The van der Waals surface area contributed by atoms with Gasteiger partial charge in [0.1, 0.15) is 0 Å². The summed E-state index contributed by atoms with van der Waals surface area (Å²) < 4.78 is 0. The third-order valence-electron chi connectivity index (χ3n) is 3.79. The van der Waals surface area contributed by atoms with Gasteiger partial charge in [0.05, 0.1) is 12.0 Å². The first-order valence-electron chi connectivity index (χ1n) is 8.14. The van der Waals surface area contributed by atoms with Crippen LogP contribution in [0.3, 0.4) is 0 Å². The van der Waals surface area contributed by atoms with Crippen LogP contribution < -0.4 is 10.9 Å². The molecule has 3 heterocycles. The summed E-state index contributed by atoms with van der Waals surface area (Å²) in [6, 6.07) is 3.22. The van der Waals surface area contributed by atoms with Crippen LogP contribution in [0.4, 0.5) is 5.95 Å². The molecule has 0 bridgehead atoms. The molecule has 0 atom stereocenters. The number of anilines is 1. The molecule has 0 radical (unpaired) electrons. The lowest BCUT2D eigenvalue weighted by atomic mass is 10.1. The first kappa shape index (κ1) is 18.0. The highest BCUT2D eigenvalue weighted by Crippen LogP contribution is 2.12. The van der Waals surface area contributed by atoms with Gasteiger partial charge in [-0.2, -0.15) is 11.8 Å². The van der Waals surface area contributed by atoms with Gasteiger partial charge in [-0.1, -0.05) is 6.07 Å². The minimum atomic E-state index is -0.185. The maximum absolute atomic E-state index is 12.2. The van der Waals surface area contributed by atoms with Gasteiger partial charge in [-0.15, -0.1) is 0 Å². The van der Waals surface area contributed by atoms with Gasteiger partial charge >= 0.3 is 0 Å². The van der Waals surface area contributed by atoms with E-state index in [2.05, 4.69) is 30.2 Å². The molecule has 0 fully saturated rings. The molecule has 0 aliphatic rings. The maximum Gasteiger partial charge on any atom is 0.255 e. The number of hydrogen-bond donors (Lipinski definition) is 4. The van der Waals surface area contributed by atoms with Crippen molar-refractivity contribution >= 4 is 17.7 Å². The molecule has 0 aromatic carbocycles. The van der Waals surface area contributed by atoms with E-state index >= 15 is 0 Å². The van der Waals surface area contributed by atoms with Gasteiger partial charge < -0.3 is 15.4 Å². The van der Waals surface area contributed by atoms with Crippen molar-refractivity contribution in [2.45, 2.75) is 19.1 Å². The van der Waals surface area contributed by atoms with E-state index in [0.717, 1.165) is 28.5 Å². The number of thioether (sulfide) groups is 1. The third-order valence-corrected chi connectivity index (χ3v) is 4.76. The van der Waals surface area contributed by atoms with E-state index in [0.29, 0.717) is 24.5 Å². The molecule has 136 valence electrons. The Hall–Kier alpha value is -2.81. The van der Waals surface area contributed by atoms with E-state index < -0.39 is 0 Å². The van der Waals surface area contributed by atoms with Crippen molar-refractivity contribution in [3.63, 3.8) is 0 Å². The molecular formula is C17H20N6O2S. The van der Waals surface area contributed by atoms with E-state index in [9.17, 15) is 9.90 Å². The molecule has 3 aromatic heterocycles. The average molecular weight is 372 g/mol. The molecule has 0 aliphatic carbocycles. The van der Waals surface area contributed by atoms with Crippen molar-refractivity contribution in [3.8, 4) is 5.88 Å². The van der Waals surface area contributed by atoms with Gasteiger partial charge in [0, 0.05) is 54.2 Å². The van der Waals surface area contributed by atoms with E-state index in [1.807, 2.05) is 6.92 Å². The molecule has 3 rings (SSSR count). The van der Waals surface area contributed by atoms with E-state index in [1.54, 1.807) is 36.5 Å². The van der Waals surface area contributed by atoms with Crippen molar-refractivity contribution in [2.75, 3.05) is 17.6 Å². The van der Waals surface area contributed by atoms with Crippen LogP contribution in [0.5, 0.6) is 5.88 Å². The summed E-state index contributed by atoms with van der Waals surface area (Å²) in [5.41, 5.74) is 3.35. The predicted octanol–water partition coefficient (Wildman–Crippen LogP) is 1.84. The first-order chi connectivity index (χ1) is 12.6. The number of aromatic nitrogens is 5. The van der Waals surface area contributed by atoms with Gasteiger partial charge in [-0.3, -0.25) is 9.78 Å². The second kappa shape index (κ2) is 8.52. The number of nitrogens with zero attached hydrogens (tertiary/aromatic N) is 3. The van der Waals surface area contributed by atoms with Crippen LogP contribution in [0.2, 0.25) is 0 Å². The van der Waals surface area contributed by atoms with Crippen LogP contribution in [0.1, 0.15) is 22.5 Å². The molecule has 0 spiro atoms. The molecule has 4 N–H and O–H groups in total. The summed E-state index contributed by atoms with van der Waals surface area (Å²) in [5, 5.41) is 12.3. The molecule has 8 nitrogen and oxygen atoms in total. The van der Waals surface area contributed by atoms with Crippen LogP contribution in [-0.2, 0) is 12.2 Å². The van der Waals surface area contributed by atoms with Crippen molar-refractivity contribution in [1.82, 2.24) is 24.9 Å². The van der Waals surface area contributed by atoms with Crippen LogP contribution >= 0.6 is 11.8 Å². The Bertz CT molecular complexity index is 906. The number of aryl methyl sites for hydroxylation is 1. The zero-order valence-electron chi connectivity index (χ0n) is 14.3. The number of aromatic amines is 2. The fraction of sp³-hybridized carbons (Fsp3) is 0.294. The molecular weight excluding hydrogens is 352 g/mol. The molecule has 9 heteroatoms. The Morgan fingerprint density at radius 2 is 2.12 bits per heavy atom. The summed E-state index contributed by atoms with van der Waals surface area (Å²) in [5.74, 6) is 2.14. The summed E-state index contributed by atoms with van der Waals surface area (Å²) in [7, 11) is 0. The highest BCUT2D eigenvalue weighted by molar-refractivity contribution is 7.98. The molecule has 26 heavy (non-hydrogen) atoms. The second-order valence-electron chi connectivity index (χ2n) is 5.74. The van der Waals surface area contributed by atoms with Gasteiger partial charge in [0.2, 0.25) is 11.8 Å². The highest BCUT2D eigenvalue weighted by Gasteiger charge is 2.05. The highest BCUT2D eigenvalue weighted by atomic mass is 32.2. The number of imidazole rings is 1. The average Bonchev–Trinajstić information content (AvgIpc) is 3.04. The summed E-state index contributed by atoms with van der Waals surface area (Å²) in [6.07, 6.45) is 5.22. The third kappa shape index (κ3) is 4.85. The first-order valence-corrected chi connectivity index (χ1v) is 9.30. The number of H-pyrrole nitrogens is 2. The Morgan fingerprint density at radius 1 is 1.23 bits per heavy atom. The van der Waals surface area contributed by atoms with Gasteiger partial charge in [-0.25, -0.2) is 15.0 Å². The Balaban J connectivity index is 1.47. The minimum Gasteiger partial charge on any atom is -0.493 e. The number of rotatable bonds is 8. The second-order valence-corrected chi connectivity index (χ2v) is 6.85. The Kier molecular flexibility index (Phi) is 5.90. The van der Waals surface area contributed by atoms with Crippen LogP contribution in [0.25, 0.3) is 0 Å². The summed E-state index contributed by atoms with van der Waals surface area (Å²) in [4.78, 5) is 30.3. The van der Waals surface area contributed by atoms with E-state index in [1.165, 1.54) is 6.07 Å². The molecule has 0 saturated carbocycles. The number of nitrogens with one attached hydrogen (secondary N) is 3. The minimum absolute atomic E-state index is 0.0411. The van der Waals surface area contributed by atoms with E-state index in [-0.39, 0.29) is 11.4 Å². The molecule has 0 saturated heterocycles. The van der Waals surface area contributed by atoms with Crippen molar-refractivity contribution in [3.05, 3.63) is 63.7 Å². The molecule has 3 aromatic rings. The fourth-order valence-electron chi connectivity index (χ4n) is 2.32. The van der Waals surface area contributed by atoms with Crippen LogP contribution in [-0.4, -0.2) is 42.3 Å². The monoisotopic (exact) mass is 372 g/mol. The van der Waals surface area contributed by atoms with Crippen molar-refractivity contribution in [1.29, 1.82) is 0 Å². The summed E-state index contributed by atoms with van der Waals surface area (Å²) >= 11 is 1.76. The molecule has 0 amide bonds. The van der Waals surface area contributed by atoms with Gasteiger partial charge in [0.15, 0.2) is 0 Å². The van der Waals surface area contributed by atoms with Crippen LogP contribution in [0, 0.1) is 6.92 Å². The topological polar surface area (TPSA) is 120 Å². The van der Waals surface area contributed by atoms with Gasteiger partial charge in [-0.05, 0) is 12.5 Å². The molecule has 0 aliphatic heterocycles. The Labute approximate surface area is 154 Å². The normalized spacial score (nSPS) is 10.8. The van der Waals surface area contributed by atoms with Gasteiger partial charge in [0.25, 0.3) is 5.56 Å². The fourth-order valence-corrected chi connectivity index (χ4v) is 3.20. The molecule has 0 unspecified atom stereocenters. The number of pyridine rings is 1. The van der Waals surface area contributed by atoms with Crippen molar-refractivity contribution < 1.29 is 5.11 Å². The predicted molar refractivity (Wildman–Crippen MR) is 102 cm³/mol. The van der Waals surface area contributed by atoms with Crippen molar-refractivity contribution in [2.24, 2.45) is 0 Å². The lowest BCUT2D eigenvalue weighted by Gasteiger charge is -2.06. The van der Waals surface area contributed by atoms with Crippen LogP contribution in [0.15, 0.2) is 35.6 Å². The zero-order valence-corrected chi connectivity index (χ0v) is 15.1. The quantitative estimate of drug-likeness (QED) is 0.445. The number of hydrogen-bond acceptors (Lipinski definition) is 7. The Morgan fingerprint density at radius 3 is 2.81 bits per heavy atom.